The van der Waals surface area contributed by atoms with E-state index in [0.717, 1.165) is 11.5 Å². The molecule has 0 saturated heterocycles. The molecule has 214 valence electrons. The number of nitrogen functional groups attached to an aromatic ring is 1. The number of hydrogen-bond donors (Lipinski definition) is 1. The summed E-state index contributed by atoms with van der Waals surface area (Å²) in [6.07, 6.45) is 0. The molecule has 2 aromatic rings. The fourth-order valence-electron chi connectivity index (χ4n) is 2.94. The molecular weight excluding hydrogens is 494 g/mol. The maximum atomic E-state index is 5.63. The first-order valence-corrected chi connectivity index (χ1v) is 13.0. The lowest BCUT2D eigenvalue weighted by Gasteiger charge is -2.09. The Kier molecular flexibility index (Phi) is 19.8. The summed E-state index contributed by atoms with van der Waals surface area (Å²) in [5.41, 5.74) is 6.35. The van der Waals surface area contributed by atoms with E-state index in [1.807, 2.05) is 42.5 Å². The van der Waals surface area contributed by atoms with Gasteiger partial charge in [0, 0.05) is 5.69 Å². The standard InChI is InChI=1S/C28H43NO9/c29-26-6-8-28(9-7-26)38-25-23-36-21-19-34-17-15-32-13-11-30-10-12-31-14-16-33-18-20-35-22-24-37-27-4-2-1-3-5-27/h1-9H,10-25,29H2. The highest BCUT2D eigenvalue weighted by molar-refractivity contribution is 5.41. The monoisotopic (exact) mass is 537 g/mol. The van der Waals surface area contributed by atoms with E-state index >= 15 is 0 Å². The molecule has 10 nitrogen and oxygen atoms in total. The number of para-hydroxylation sites is 1. The van der Waals surface area contributed by atoms with Crippen LogP contribution in [0.25, 0.3) is 0 Å². The molecule has 0 saturated carbocycles. The van der Waals surface area contributed by atoms with Crippen LogP contribution >= 0.6 is 0 Å². The highest BCUT2D eigenvalue weighted by Gasteiger charge is 1.97. The van der Waals surface area contributed by atoms with Gasteiger partial charge in [0.1, 0.15) is 24.7 Å². The second-order valence-electron chi connectivity index (χ2n) is 7.87. The highest BCUT2D eigenvalue weighted by atomic mass is 16.6. The van der Waals surface area contributed by atoms with E-state index in [-0.39, 0.29) is 0 Å². The van der Waals surface area contributed by atoms with Crippen molar-refractivity contribution in [1.29, 1.82) is 0 Å². The van der Waals surface area contributed by atoms with E-state index in [1.54, 1.807) is 12.1 Å². The summed E-state index contributed by atoms with van der Waals surface area (Å²) in [4.78, 5) is 0. The van der Waals surface area contributed by atoms with E-state index in [4.69, 9.17) is 48.4 Å². The average molecular weight is 538 g/mol. The van der Waals surface area contributed by atoms with E-state index in [0.29, 0.717) is 111 Å². The van der Waals surface area contributed by atoms with Crippen molar-refractivity contribution in [2.24, 2.45) is 0 Å². The van der Waals surface area contributed by atoms with E-state index in [1.165, 1.54) is 0 Å². The normalized spacial score (nSPS) is 11.1. The van der Waals surface area contributed by atoms with E-state index in [2.05, 4.69) is 0 Å². The fourth-order valence-corrected chi connectivity index (χ4v) is 2.94. The van der Waals surface area contributed by atoms with Crippen LogP contribution in [0.4, 0.5) is 5.69 Å². The zero-order valence-corrected chi connectivity index (χ0v) is 22.3. The zero-order valence-electron chi connectivity index (χ0n) is 22.3. The van der Waals surface area contributed by atoms with Gasteiger partial charge in [-0.25, -0.2) is 0 Å². The molecule has 0 unspecified atom stereocenters. The van der Waals surface area contributed by atoms with Gasteiger partial charge in [0.25, 0.3) is 0 Å². The Morgan fingerprint density at radius 3 is 0.974 bits per heavy atom. The van der Waals surface area contributed by atoms with Gasteiger partial charge >= 0.3 is 0 Å². The lowest BCUT2D eigenvalue weighted by atomic mass is 10.3. The number of ether oxygens (including phenoxy) is 9. The summed E-state index contributed by atoms with van der Waals surface area (Å²) < 4.78 is 49.3. The van der Waals surface area contributed by atoms with Crippen LogP contribution in [-0.2, 0) is 33.2 Å². The van der Waals surface area contributed by atoms with Crippen LogP contribution in [0.1, 0.15) is 0 Å². The van der Waals surface area contributed by atoms with Crippen LogP contribution in [0.15, 0.2) is 54.6 Å². The van der Waals surface area contributed by atoms with Crippen molar-refractivity contribution in [3.8, 4) is 11.5 Å². The third kappa shape index (κ3) is 18.8. The Hall–Kier alpha value is -2.44. The SMILES string of the molecule is Nc1ccc(OCCOCCOCCOCCOCCOCCOCCOCCOc2ccccc2)cc1. The van der Waals surface area contributed by atoms with Crippen molar-refractivity contribution in [3.05, 3.63) is 54.6 Å². The predicted octanol–water partition coefficient (Wildman–Crippen LogP) is 2.84. The first-order chi connectivity index (χ1) is 18.8. The smallest absolute Gasteiger partial charge is 0.119 e. The number of benzene rings is 2. The van der Waals surface area contributed by atoms with Crippen LogP contribution in [0.5, 0.6) is 11.5 Å². The van der Waals surface area contributed by atoms with Gasteiger partial charge in [0.15, 0.2) is 0 Å². The van der Waals surface area contributed by atoms with Crippen molar-refractivity contribution in [1.82, 2.24) is 0 Å². The molecule has 0 heterocycles. The third-order valence-electron chi connectivity index (χ3n) is 4.85. The molecule has 0 atom stereocenters. The largest absolute Gasteiger partial charge is 0.491 e. The first kappa shape index (κ1) is 31.8. The van der Waals surface area contributed by atoms with Gasteiger partial charge in [-0.15, -0.1) is 0 Å². The maximum absolute atomic E-state index is 5.63. The van der Waals surface area contributed by atoms with Crippen LogP contribution < -0.4 is 15.2 Å². The molecule has 0 amide bonds. The Morgan fingerprint density at radius 1 is 0.342 bits per heavy atom. The minimum atomic E-state index is 0.480. The quantitative estimate of drug-likeness (QED) is 0.142. The maximum Gasteiger partial charge on any atom is 0.119 e. The van der Waals surface area contributed by atoms with Gasteiger partial charge < -0.3 is 48.4 Å². The minimum absolute atomic E-state index is 0.480. The Bertz CT molecular complexity index is 765. The molecule has 0 spiro atoms. The molecule has 10 heteroatoms. The second kappa shape index (κ2) is 23.7. The molecule has 2 rings (SSSR count). The number of anilines is 1. The van der Waals surface area contributed by atoms with Crippen molar-refractivity contribution in [2.75, 3.05) is 111 Å². The average Bonchev–Trinajstić information content (AvgIpc) is 2.94. The number of rotatable bonds is 26. The van der Waals surface area contributed by atoms with E-state index < -0.39 is 0 Å². The fraction of sp³-hybridized carbons (Fsp3) is 0.571. The summed E-state index contributed by atoms with van der Waals surface area (Å²) in [5, 5.41) is 0. The summed E-state index contributed by atoms with van der Waals surface area (Å²) in [5.74, 6) is 1.62. The molecule has 0 aliphatic rings. The van der Waals surface area contributed by atoms with Gasteiger partial charge in [-0.1, -0.05) is 18.2 Å². The molecule has 2 N–H and O–H groups in total. The lowest BCUT2D eigenvalue weighted by molar-refractivity contribution is -0.0218. The van der Waals surface area contributed by atoms with Gasteiger partial charge in [0.2, 0.25) is 0 Å². The number of nitrogens with two attached hydrogens (primary N) is 1. The molecule has 38 heavy (non-hydrogen) atoms. The predicted molar refractivity (Wildman–Crippen MR) is 144 cm³/mol. The number of hydrogen-bond acceptors (Lipinski definition) is 10. The third-order valence-corrected chi connectivity index (χ3v) is 4.85. The highest BCUT2D eigenvalue weighted by Crippen LogP contribution is 2.12. The summed E-state index contributed by atoms with van der Waals surface area (Å²) in [6.45, 7) is 8.25. The van der Waals surface area contributed by atoms with Crippen LogP contribution in [-0.4, -0.2) is 106 Å². The van der Waals surface area contributed by atoms with Crippen molar-refractivity contribution >= 4 is 5.69 Å². The van der Waals surface area contributed by atoms with Crippen LogP contribution in [0.2, 0.25) is 0 Å². The topological polar surface area (TPSA) is 109 Å². The molecule has 0 bridgehead atoms. The molecule has 2 aromatic carbocycles. The lowest BCUT2D eigenvalue weighted by Crippen LogP contribution is -2.15. The molecular formula is C28H43NO9. The first-order valence-electron chi connectivity index (χ1n) is 13.0. The molecule has 0 fully saturated rings. The summed E-state index contributed by atoms with van der Waals surface area (Å²) >= 11 is 0. The van der Waals surface area contributed by atoms with Gasteiger partial charge in [-0.05, 0) is 36.4 Å². The van der Waals surface area contributed by atoms with Gasteiger partial charge in [-0.3, -0.25) is 0 Å². The van der Waals surface area contributed by atoms with Gasteiger partial charge in [0.05, 0.1) is 92.5 Å². The van der Waals surface area contributed by atoms with Crippen molar-refractivity contribution in [3.63, 3.8) is 0 Å². The van der Waals surface area contributed by atoms with Crippen LogP contribution in [0.3, 0.4) is 0 Å². The Balaban J connectivity index is 1.18. The van der Waals surface area contributed by atoms with Crippen LogP contribution in [0, 0.1) is 0 Å². The van der Waals surface area contributed by atoms with Crippen molar-refractivity contribution in [2.45, 2.75) is 0 Å². The molecule has 0 aromatic heterocycles. The second-order valence-corrected chi connectivity index (χ2v) is 7.87. The minimum Gasteiger partial charge on any atom is -0.491 e. The Labute approximate surface area is 226 Å². The Morgan fingerprint density at radius 2 is 0.632 bits per heavy atom. The molecule has 0 aliphatic heterocycles. The summed E-state index contributed by atoms with van der Waals surface area (Å²) in [6, 6.07) is 16.9. The summed E-state index contributed by atoms with van der Waals surface area (Å²) in [7, 11) is 0. The zero-order chi connectivity index (χ0) is 26.8. The van der Waals surface area contributed by atoms with Gasteiger partial charge in [-0.2, -0.15) is 0 Å². The van der Waals surface area contributed by atoms with Crippen molar-refractivity contribution < 1.29 is 42.6 Å². The molecule has 0 radical (unpaired) electrons. The molecule has 0 aliphatic carbocycles. The van der Waals surface area contributed by atoms with E-state index in [9.17, 15) is 0 Å².